The molecule has 0 amide bonds. The second-order valence-electron chi connectivity index (χ2n) is 2.53. The highest BCUT2D eigenvalue weighted by molar-refractivity contribution is 6.32. The lowest BCUT2D eigenvalue weighted by molar-refractivity contribution is -0.0284. The smallest absolute Gasteiger partial charge is 0.150 e. The molecule has 1 saturated heterocycles. The van der Waals surface area contributed by atoms with Gasteiger partial charge in [0, 0.05) is 0 Å². The summed E-state index contributed by atoms with van der Waals surface area (Å²) in [5.74, 6) is 0. The van der Waals surface area contributed by atoms with Crippen molar-refractivity contribution in [3.63, 3.8) is 0 Å². The van der Waals surface area contributed by atoms with Gasteiger partial charge < -0.3 is 10.5 Å². The molecule has 0 unspecified atom stereocenters. The largest absolute Gasteiger partial charge is 0.395 e. The molecule has 1 aliphatic rings. The molecule has 0 saturated carbocycles. The first-order valence-electron chi connectivity index (χ1n) is 3.35. The van der Waals surface area contributed by atoms with Crippen LogP contribution >= 0.6 is 11.6 Å². The quantitative estimate of drug-likeness (QED) is 0.680. The second-order valence-corrected chi connectivity index (χ2v) is 2.88. The standard InChI is InChI=1S/C6H8ClN3O/c7-6-5(8)1-9-10(6)4-2-11-3-4/h1,4H,2-3,8H2. The van der Waals surface area contributed by atoms with Crippen LogP contribution in [0.1, 0.15) is 6.04 Å². The summed E-state index contributed by atoms with van der Waals surface area (Å²) in [4.78, 5) is 0. The van der Waals surface area contributed by atoms with Crippen molar-refractivity contribution in [2.45, 2.75) is 6.04 Å². The van der Waals surface area contributed by atoms with E-state index in [0.717, 1.165) is 0 Å². The summed E-state index contributed by atoms with van der Waals surface area (Å²) >= 11 is 5.84. The van der Waals surface area contributed by atoms with Crippen LogP contribution in [0.4, 0.5) is 5.69 Å². The van der Waals surface area contributed by atoms with Gasteiger partial charge in [-0.15, -0.1) is 0 Å². The molecule has 2 N–H and O–H groups in total. The number of aromatic nitrogens is 2. The van der Waals surface area contributed by atoms with Crippen LogP contribution in [0.3, 0.4) is 0 Å². The highest BCUT2D eigenvalue weighted by atomic mass is 35.5. The summed E-state index contributed by atoms with van der Waals surface area (Å²) in [6.07, 6.45) is 1.56. The zero-order valence-electron chi connectivity index (χ0n) is 5.83. The van der Waals surface area contributed by atoms with E-state index in [1.54, 1.807) is 10.9 Å². The molecule has 0 bridgehead atoms. The van der Waals surface area contributed by atoms with Gasteiger partial charge in [-0.05, 0) is 0 Å². The van der Waals surface area contributed by atoms with Crippen molar-refractivity contribution in [3.8, 4) is 0 Å². The van der Waals surface area contributed by atoms with E-state index in [2.05, 4.69) is 5.10 Å². The van der Waals surface area contributed by atoms with Crippen molar-refractivity contribution in [1.82, 2.24) is 9.78 Å². The topological polar surface area (TPSA) is 53.1 Å². The number of ether oxygens (including phenoxy) is 1. The predicted molar refractivity (Wildman–Crippen MR) is 41.5 cm³/mol. The Morgan fingerprint density at radius 1 is 1.73 bits per heavy atom. The first kappa shape index (κ1) is 6.94. The number of hydrogen-bond acceptors (Lipinski definition) is 3. The molecule has 1 aliphatic heterocycles. The summed E-state index contributed by atoms with van der Waals surface area (Å²) in [6.45, 7) is 1.36. The predicted octanol–water partition coefficient (Wildman–Crippen LogP) is 0.690. The molecule has 5 heteroatoms. The van der Waals surface area contributed by atoms with Crippen molar-refractivity contribution in [1.29, 1.82) is 0 Å². The highest BCUT2D eigenvalue weighted by Crippen LogP contribution is 2.25. The molecule has 0 aliphatic carbocycles. The van der Waals surface area contributed by atoms with Gasteiger partial charge in [0.05, 0.1) is 25.1 Å². The molecule has 1 aromatic heterocycles. The second kappa shape index (κ2) is 2.39. The van der Waals surface area contributed by atoms with E-state index in [1.165, 1.54) is 0 Å². The Hall–Kier alpha value is -0.740. The number of nitrogens with zero attached hydrogens (tertiary/aromatic N) is 2. The van der Waals surface area contributed by atoms with Gasteiger partial charge in [0.15, 0.2) is 0 Å². The normalized spacial score (nSPS) is 18.3. The van der Waals surface area contributed by atoms with Crippen LogP contribution in [0.25, 0.3) is 0 Å². The number of anilines is 1. The fourth-order valence-electron chi connectivity index (χ4n) is 0.980. The van der Waals surface area contributed by atoms with E-state index in [9.17, 15) is 0 Å². The summed E-state index contributed by atoms with van der Waals surface area (Å²) in [6, 6.07) is 0.278. The summed E-state index contributed by atoms with van der Waals surface area (Å²) in [7, 11) is 0. The average Bonchev–Trinajstić information content (AvgIpc) is 2.15. The van der Waals surface area contributed by atoms with E-state index in [-0.39, 0.29) is 6.04 Å². The Labute approximate surface area is 68.9 Å². The Balaban J connectivity index is 2.29. The van der Waals surface area contributed by atoms with Crippen LogP contribution in [-0.4, -0.2) is 23.0 Å². The number of halogens is 1. The molecule has 1 aromatic rings. The molecule has 1 fully saturated rings. The van der Waals surface area contributed by atoms with Gasteiger partial charge in [-0.2, -0.15) is 5.10 Å². The van der Waals surface area contributed by atoms with Gasteiger partial charge in [-0.25, -0.2) is 4.68 Å². The molecule has 4 nitrogen and oxygen atoms in total. The zero-order valence-corrected chi connectivity index (χ0v) is 6.58. The number of hydrogen-bond donors (Lipinski definition) is 1. The lowest BCUT2D eigenvalue weighted by Crippen LogP contribution is -2.31. The zero-order chi connectivity index (χ0) is 7.84. The Bertz CT molecular complexity index is 269. The molecule has 11 heavy (non-hydrogen) atoms. The molecule has 60 valence electrons. The molecular formula is C6H8ClN3O. The molecule has 0 aromatic carbocycles. The van der Waals surface area contributed by atoms with Crippen LogP contribution in [-0.2, 0) is 4.74 Å². The van der Waals surface area contributed by atoms with Gasteiger partial charge in [0.2, 0.25) is 0 Å². The van der Waals surface area contributed by atoms with E-state index < -0.39 is 0 Å². The van der Waals surface area contributed by atoms with Crippen LogP contribution in [0.5, 0.6) is 0 Å². The van der Waals surface area contributed by atoms with Crippen molar-refractivity contribution in [3.05, 3.63) is 11.3 Å². The molecule has 0 radical (unpaired) electrons. The SMILES string of the molecule is Nc1cnn(C2COC2)c1Cl. The first-order valence-corrected chi connectivity index (χ1v) is 3.73. The van der Waals surface area contributed by atoms with Crippen LogP contribution in [0, 0.1) is 0 Å². The number of nitrogen functional groups attached to an aromatic ring is 1. The monoisotopic (exact) mass is 173 g/mol. The molecule has 2 rings (SSSR count). The summed E-state index contributed by atoms with van der Waals surface area (Å²) in [5, 5.41) is 4.53. The molecule has 0 atom stereocenters. The Morgan fingerprint density at radius 2 is 2.45 bits per heavy atom. The van der Waals surface area contributed by atoms with E-state index in [1.807, 2.05) is 0 Å². The minimum absolute atomic E-state index is 0.278. The van der Waals surface area contributed by atoms with Crippen molar-refractivity contribution >= 4 is 17.3 Å². The third kappa shape index (κ3) is 0.985. The van der Waals surface area contributed by atoms with Gasteiger partial charge >= 0.3 is 0 Å². The van der Waals surface area contributed by atoms with Crippen LogP contribution < -0.4 is 5.73 Å². The highest BCUT2D eigenvalue weighted by Gasteiger charge is 2.23. The van der Waals surface area contributed by atoms with Gasteiger partial charge in [0.25, 0.3) is 0 Å². The first-order chi connectivity index (χ1) is 5.29. The maximum atomic E-state index is 5.84. The van der Waals surface area contributed by atoms with Gasteiger partial charge in [-0.3, -0.25) is 0 Å². The Morgan fingerprint density at radius 3 is 2.82 bits per heavy atom. The lowest BCUT2D eigenvalue weighted by Gasteiger charge is -2.26. The summed E-state index contributed by atoms with van der Waals surface area (Å²) in [5.41, 5.74) is 6.03. The van der Waals surface area contributed by atoms with Crippen LogP contribution in [0.15, 0.2) is 6.20 Å². The van der Waals surface area contributed by atoms with Crippen molar-refractivity contribution < 1.29 is 4.74 Å². The van der Waals surface area contributed by atoms with E-state index >= 15 is 0 Å². The molecular weight excluding hydrogens is 166 g/mol. The Kier molecular flexibility index (Phi) is 1.51. The lowest BCUT2D eigenvalue weighted by atomic mass is 10.3. The third-order valence-electron chi connectivity index (χ3n) is 1.73. The van der Waals surface area contributed by atoms with E-state index in [0.29, 0.717) is 24.1 Å². The third-order valence-corrected chi connectivity index (χ3v) is 2.12. The van der Waals surface area contributed by atoms with Crippen LogP contribution in [0.2, 0.25) is 5.15 Å². The van der Waals surface area contributed by atoms with Gasteiger partial charge in [0.1, 0.15) is 11.2 Å². The minimum atomic E-state index is 0.278. The average molecular weight is 174 g/mol. The van der Waals surface area contributed by atoms with Crippen molar-refractivity contribution in [2.24, 2.45) is 0 Å². The van der Waals surface area contributed by atoms with Crippen molar-refractivity contribution in [2.75, 3.05) is 18.9 Å². The summed E-state index contributed by atoms with van der Waals surface area (Å²) < 4.78 is 6.69. The minimum Gasteiger partial charge on any atom is -0.395 e. The molecule has 2 heterocycles. The maximum Gasteiger partial charge on any atom is 0.150 e. The maximum absolute atomic E-state index is 5.84. The fourth-order valence-corrected chi connectivity index (χ4v) is 1.21. The molecule has 0 spiro atoms. The number of nitrogens with two attached hydrogens (primary N) is 1. The van der Waals surface area contributed by atoms with Gasteiger partial charge in [-0.1, -0.05) is 11.6 Å². The fraction of sp³-hybridized carbons (Fsp3) is 0.500. The van der Waals surface area contributed by atoms with E-state index in [4.69, 9.17) is 22.1 Å². The number of rotatable bonds is 1.